The van der Waals surface area contributed by atoms with Crippen LogP contribution in [0.15, 0.2) is 42.5 Å². The van der Waals surface area contributed by atoms with Crippen molar-refractivity contribution in [3.8, 4) is 5.75 Å². The van der Waals surface area contributed by atoms with Crippen LogP contribution < -0.4 is 15.4 Å². The lowest BCUT2D eigenvalue weighted by Gasteiger charge is -2.35. The molecule has 3 unspecified atom stereocenters. The standard InChI is InChI=1S/C22H27N3O4/c1-14-6-4-9-19(15(14)2)24-20-11-10-16(12-21(20)25(27)28)22(26)23-17-7-5-8-18(13-17)29-3/h5,7-8,10-15,19,24H,4,6,9H2,1-3H3,(H,23,26). The Kier molecular flexibility index (Phi) is 6.36. The molecule has 2 N–H and O–H groups in total. The molecule has 1 amide bonds. The van der Waals surface area contributed by atoms with E-state index in [0.717, 1.165) is 12.8 Å². The third kappa shape index (κ3) is 4.85. The van der Waals surface area contributed by atoms with Gasteiger partial charge in [0.05, 0.1) is 12.0 Å². The fourth-order valence-corrected chi connectivity index (χ4v) is 3.84. The minimum atomic E-state index is -0.443. The zero-order valence-corrected chi connectivity index (χ0v) is 17.0. The van der Waals surface area contributed by atoms with Gasteiger partial charge in [-0.25, -0.2) is 0 Å². The summed E-state index contributed by atoms with van der Waals surface area (Å²) in [5.41, 5.74) is 1.16. The van der Waals surface area contributed by atoms with Crippen LogP contribution in [0.25, 0.3) is 0 Å². The highest BCUT2D eigenvalue weighted by molar-refractivity contribution is 6.05. The number of amides is 1. The molecule has 0 bridgehead atoms. The van der Waals surface area contributed by atoms with Crippen LogP contribution in [0.5, 0.6) is 5.75 Å². The van der Waals surface area contributed by atoms with Gasteiger partial charge in [0.2, 0.25) is 0 Å². The van der Waals surface area contributed by atoms with Crippen LogP contribution in [0.3, 0.4) is 0 Å². The minimum absolute atomic E-state index is 0.0891. The first-order valence-electron chi connectivity index (χ1n) is 9.89. The summed E-state index contributed by atoms with van der Waals surface area (Å²) in [6.07, 6.45) is 3.28. The van der Waals surface area contributed by atoms with E-state index in [1.54, 1.807) is 43.5 Å². The van der Waals surface area contributed by atoms with Gasteiger partial charge in [-0.3, -0.25) is 14.9 Å². The van der Waals surface area contributed by atoms with Crippen molar-refractivity contribution < 1.29 is 14.5 Å². The van der Waals surface area contributed by atoms with Gasteiger partial charge in [0.1, 0.15) is 11.4 Å². The lowest BCUT2D eigenvalue weighted by molar-refractivity contribution is -0.384. The second-order valence-electron chi connectivity index (χ2n) is 7.69. The minimum Gasteiger partial charge on any atom is -0.497 e. The molecule has 0 aliphatic heterocycles. The molecule has 3 atom stereocenters. The Morgan fingerprint density at radius 2 is 1.97 bits per heavy atom. The van der Waals surface area contributed by atoms with Gasteiger partial charge in [-0.2, -0.15) is 0 Å². The summed E-state index contributed by atoms with van der Waals surface area (Å²) >= 11 is 0. The number of nitro groups is 1. The van der Waals surface area contributed by atoms with E-state index >= 15 is 0 Å². The van der Waals surface area contributed by atoms with Gasteiger partial charge in [0.25, 0.3) is 11.6 Å². The molecule has 1 saturated carbocycles. The Labute approximate surface area is 170 Å². The summed E-state index contributed by atoms with van der Waals surface area (Å²) in [7, 11) is 1.55. The quantitative estimate of drug-likeness (QED) is 0.523. The van der Waals surface area contributed by atoms with Gasteiger partial charge < -0.3 is 15.4 Å². The number of carbonyl (C=O) groups excluding carboxylic acids is 1. The van der Waals surface area contributed by atoms with E-state index in [1.807, 2.05) is 0 Å². The molecule has 7 heteroatoms. The summed E-state index contributed by atoms with van der Waals surface area (Å²) in [6, 6.07) is 11.7. The third-order valence-corrected chi connectivity index (χ3v) is 5.83. The molecule has 1 aliphatic carbocycles. The Bertz CT molecular complexity index is 899. The van der Waals surface area contributed by atoms with Crippen molar-refractivity contribution in [1.82, 2.24) is 0 Å². The van der Waals surface area contributed by atoms with Crippen molar-refractivity contribution in [2.24, 2.45) is 11.8 Å². The Balaban J connectivity index is 1.80. The summed E-state index contributed by atoms with van der Waals surface area (Å²) in [6.45, 7) is 4.40. The van der Waals surface area contributed by atoms with Crippen molar-refractivity contribution in [3.63, 3.8) is 0 Å². The molecule has 0 spiro atoms. The molecule has 29 heavy (non-hydrogen) atoms. The number of methoxy groups -OCH3 is 1. The van der Waals surface area contributed by atoms with Crippen molar-refractivity contribution in [2.75, 3.05) is 17.7 Å². The van der Waals surface area contributed by atoms with Crippen molar-refractivity contribution in [2.45, 2.75) is 39.2 Å². The summed E-state index contributed by atoms with van der Waals surface area (Å²) in [5.74, 6) is 1.21. The van der Waals surface area contributed by atoms with E-state index in [1.165, 1.54) is 12.5 Å². The van der Waals surface area contributed by atoms with E-state index in [-0.39, 0.29) is 17.3 Å². The van der Waals surface area contributed by atoms with Crippen LogP contribution in [-0.2, 0) is 0 Å². The average Bonchev–Trinajstić information content (AvgIpc) is 2.71. The summed E-state index contributed by atoms with van der Waals surface area (Å²) in [4.78, 5) is 23.8. The highest BCUT2D eigenvalue weighted by Crippen LogP contribution is 2.34. The first-order chi connectivity index (χ1) is 13.9. The highest BCUT2D eigenvalue weighted by atomic mass is 16.6. The normalized spacial score (nSPS) is 21.3. The maximum absolute atomic E-state index is 12.6. The first kappa shape index (κ1) is 20.6. The monoisotopic (exact) mass is 397 g/mol. The van der Waals surface area contributed by atoms with Crippen molar-refractivity contribution >= 4 is 23.0 Å². The van der Waals surface area contributed by atoms with Gasteiger partial charge in [0.15, 0.2) is 0 Å². The zero-order valence-electron chi connectivity index (χ0n) is 17.0. The molecule has 0 radical (unpaired) electrons. The van der Waals surface area contributed by atoms with Crippen LogP contribution in [0, 0.1) is 22.0 Å². The van der Waals surface area contributed by atoms with Crippen LogP contribution in [0.2, 0.25) is 0 Å². The summed E-state index contributed by atoms with van der Waals surface area (Å²) < 4.78 is 5.15. The molecular formula is C22H27N3O4. The third-order valence-electron chi connectivity index (χ3n) is 5.83. The number of rotatable bonds is 6. The Hall–Kier alpha value is -3.09. The number of nitrogens with one attached hydrogen (secondary N) is 2. The molecule has 154 valence electrons. The molecule has 2 aromatic carbocycles. The van der Waals surface area contributed by atoms with E-state index in [2.05, 4.69) is 24.5 Å². The molecule has 0 aromatic heterocycles. The predicted octanol–water partition coefficient (Wildman–Crippen LogP) is 5.09. The number of nitro benzene ring substituents is 1. The highest BCUT2D eigenvalue weighted by Gasteiger charge is 2.29. The van der Waals surface area contributed by atoms with Crippen LogP contribution in [-0.4, -0.2) is 24.0 Å². The van der Waals surface area contributed by atoms with E-state index in [4.69, 9.17) is 4.74 Å². The van der Waals surface area contributed by atoms with Crippen LogP contribution in [0.1, 0.15) is 43.5 Å². The van der Waals surface area contributed by atoms with Gasteiger partial charge in [0, 0.05) is 29.4 Å². The van der Waals surface area contributed by atoms with Crippen LogP contribution in [0.4, 0.5) is 17.1 Å². The van der Waals surface area contributed by atoms with E-state index in [0.29, 0.717) is 29.0 Å². The number of hydrogen-bond donors (Lipinski definition) is 2. The lowest BCUT2D eigenvalue weighted by atomic mass is 9.78. The average molecular weight is 397 g/mol. The van der Waals surface area contributed by atoms with E-state index in [9.17, 15) is 14.9 Å². The van der Waals surface area contributed by atoms with Crippen molar-refractivity contribution in [3.05, 3.63) is 58.1 Å². The lowest BCUT2D eigenvalue weighted by Crippen LogP contribution is -2.35. The molecular weight excluding hydrogens is 370 g/mol. The first-order valence-corrected chi connectivity index (χ1v) is 9.89. The largest absolute Gasteiger partial charge is 0.497 e. The maximum atomic E-state index is 12.6. The predicted molar refractivity (Wildman–Crippen MR) is 114 cm³/mol. The van der Waals surface area contributed by atoms with Crippen LogP contribution >= 0.6 is 0 Å². The SMILES string of the molecule is COc1cccc(NC(=O)c2ccc(NC3CCCC(C)C3C)c([N+](=O)[O-])c2)c1. The molecule has 1 aliphatic rings. The molecule has 1 fully saturated rings. The Morgan fingerprint density at radius 3 is 2.69 bits per heavy atom. The number of hydrogen-bond acceptors (Lipinski definition) is 5. The summed E-state index contributed by atoms with van der Waals surface area (Å²) in [5, 5.41) is 17.7. The Morgan fingerprint density at radius 1 is 1.17 bits per heavy atom. The number of nitrogens with zero attached hydrogens (tertiary/aromatic N) is 1. The number of anilines is 2. The van der Waals surface area contributed by atoms with Gasteiger partial charge >= 0.3 is 0 Å². The number of benzene rings is 2. The molecule has 7 nitrogen and oxygen atoms in total. The molecule has 0 heterocycles. The van der Waals surface area contributed by atoms with E-state index < -0.39 is 10.8 Å². The fraction of sp³-hybridized carbons (Fsp3) is 0.409. The molecule has 3 rings (SSSR count). The van der Waals surface area contributed by atoms with Crippen molar-refractivity contribution in [1.29, 1.82) is 0 Å². The maximum Gasteiger partial charge on any atom is 0.293 e. The van der Waals surface area contributed by atoms with Gasteiger partial charge in [-0.1, -0.05) is 32.8 Å². The number of carbonyl (C=O) groups is 1. The second kappa shape index (κ2) is 8.94. The number of ether oxygens (including phenoxy) is 1. The molecule has 2 aromatic rings. The second-order valence-corrected chi connectivity index (χ2v) is 7.69. The smallest absolute Gasteiger partial charge is 0.293 e. The van der Waals surface area contributed by atoms with Gasteiger partial charge in [-0.05, 0) is 42.5 Å². The topological polar surface area (TPSA) is 93.5 Å². The molecule has 0 saturated heterocycles. The van der Waals surface area contributed by atoms with Gasteiger partial charge in [-0.15, -0.1) is 0 Å². The zero-order chi connectivity index (χ0) is 21.0. The fourth-order valence-electron chi connectivity index (χ4n) is 3.84.